The van der Waals surface area contributed by atoms with E-state index >= 15 is 0 Å². The molecule has 2 aromatic heterocycles. The van der Waals surface area contributed by atoms with E-state index in [1.807, 2.05) is 0 Å². The zero-order chi connectivity index (χ0) is 31.5. The summed E-state index contributed by atoms with van der Waals surface area (Å²) in [7, 11) is -1.59. The van der Waals surface area contributed by atoms with Gasteiger partial charge in [0.05, 0.1) is 19.1 Å². The lowest BCUT2D eigenvalue weighted by Crippen LogP contribution is -2.37. The molecule has 2 aliphatic carbocycles. The van der Waals surface area contributed by atoms with Crippen LogP contribution in [0.25, 0.3) is 66.1 Å². The molecular formula is C43H39NOSi. The van der Waals surface area contributed by atoms with Gasteiger partial charge in [-0.15, -0.1) is 0 Å². The third kappa shape index (κ3) is 3.75. The Kier molecular flexibility index (Phi) is 5.70. The Morgan fingerprint density at radius 1 is 0.739 bits per heavy atom. The molecule has 0 saturated carbocycles. The highest BCUT2D eigenvalue weighted by molar-refractivity contribution is 6.90. The van der Waals surface area contributed by atoms with E-state index in [1.165, 1.54) is 65.7 Å². The van der Waals surface area contributed by atoms with Gasteiger partial charge in [-0.3, -0.25) is 0 Å². The van der Waals surface area contributed by atoms with Crippen LogP contribution in [0.15, 0.2) is 119 Å². The molecule has 3 heteroatoms. The number of para-hydroxylation sites is 3. The summed E-state index contributed by atoms with van der Waals surface area (Å²) in [6.07, 6.45) is 5.89. The first-order valence-corrected chi connectivity index (χ1v) is 20.2. The molecule has 2 heterocycles. The lowest BCUT2D eigenvalue weighted by atomic mass is 9.76. The van der Waals surface area contributed by atoms with Crippen LogP contribution in [-0.4, -0.2) is 12.6 Å². The van der Waals surface area contributed by atoms with Gasteiger partial charge < -0.3 is 8.98 Å². The third-order valence-electron chi connectivity index (χ3n) is 10.7. The number of hydrogen-bond donors (Lipinski definition) is 0. The molecule has 2 aliphatic rings. The lowest BCUT2D eigenvalue weighted by Gasteiger charge is -2.28. The molecule has 226 valence electrons. The Bertz CT molecular complexity index is 2460. The molecule has 2 nitrogen and oxygen atoms in total. The molecule has 1 unspecified atom stereocenters. The quantitative estimate of drug-likeness (QED) is 0.181. The summed E-state index contributed by atoms with van der Waals surface area (Å²) in [5.74, 6) is 0.563. The first-order chi connectivity index (χ1) is 22.1. The summed E-state index contributed by atoms with van der Waals surface area (Å²) < 4.78 is 9.35. The molecular weight excluding hydrogens is 575 g/mol. The van der Waals surface area contributed by atoms with Crippen LogP contribution in [0, 0.1) is 5.92 Å². The fraction of sp³-hybridized carbons (Fsp3) is 0.209. The summed E-state index contributed by atoms with van der Waals surface area (Å²) >= 11 is 0. The van der Waals surface area contributed by atoms with Gasteiger partial charge in [-0.2, -0.15) is 0 Å². The second-order valence-electron chi connectivity index (χ2n) is 15.1. The highest BCUT2D eigenvalue weighted by atomic mass is 28.3. The fourth-order valence-electron chi connectivity index (χ4n) is 8.47. The Morgan fingerprint density at radius 2 is 1.50 bits per heavy atom. The van der Waals surface area contributed by atoms with Crippen LogP contribution in [0.2, 0.25) is 19.6 Å². The SMILES string of the molecule is CC1C=CC2=C(C1)C(C)(C)c1c2ccc2c3cc(-c4cccc5c4oc4c([Si](C)(C)C)cccc45)ccc3n(-c3ccccc3)c12. The maximum absolute atomic E-state index is 6.84. The minimum atomic E-state index is -1.59. The molecule has 46 heavy (non-hydrogen) atoms. The van der Waals surface area contributed by atoms with Crippen molar-refractivity contribution < 1.29 is 4.42 Å². The number of aromatic nitrogens is 1. The number of allylic oxidation sites excluding steroid dienone is 4. The van der Waals surface area contributed by atoms with E-state index in [9.17, 15) is 0 Å². The van der Waals surface area contributed by atoms with Crippen molar-refractivity contribution in [2.45, 2.75) is 52.2 Å². The molecule has 0 N–H and O–H groups in total. The number of benzene rings is 5. The fourth-order valence-corrected chi connectivity index (χ4v) is 9.94. The second kappa shape index (κ2) is 9.46. The molecule has 0 fully saturated rings. The highest BCUT2D eigenvalue weighted by Gasteiger charge is 2.41. The molecule has 9 rings (SSSR count). The molecule has 0 amide bonds. The van der Waals surface area contributed by atoms with E-state index < -0.39 is 8.07 Å². The summed E-state index contributed by atoms with van der Waals surface area (Å²) in [4.78, 5) is 0. The molecule has 1 atom stereocenters. The van der Waals surface area contributed by atoms with Crippen molar-refractivity contribution >= 4 is 62.6 Å². The molecule has 5 aromatic carbocycles. The van der Waals surface area contributed by atoms with Crippen LogP contribution < -0.4 is 5.19 Å². The largest absolute Gasteiger partial charge is 0.456 e. The average Bonchev–Trinajstić information content (AvgIpc) is 3.66. The van der Waals surface area contributed by atoms with E-state index in [0.717, 1.165) is 23.2 Å². The Hall–Kier alpha value is -4.60. The standard InChI is InChI=1S/C43H39NOSi/c1-26-18-20-30-31-21-22-32-35-25-27(29-14-10-15-33-34-16-11-17-38(46(4,5)6)42(34)45-41(29)33)19-23-37(35)44(28-12-8-7-9-13-28)40(32)39(31)43(2,3)36(30)24-26/h7-23,25-26H,24H2,1-6H3. The topological polar surface area (TPSA) is 18.1 Å². The Morgan fingerprint density at radius 3 is 2.28 bits per heavy atom. The maximum Gasteiger partial charge on any atom is 0.143 e. The second-order valence-corrected chi connectivity index (χ2v) is 20.1. The van der Waals surface area contributed by atoms with Crippen LogP contribution in [0.3, 0.4) is 0 Å². The summed E-state index contributed by atoms with van der Waals surface area (Å²) in [6.45, 7) is 14.4. The lowest BCUT2D eigenvalue weighted by molar-refractivity contribution is 0.568. The number of hydrogen-bond acceptors (Lipinski definition) is 1. The van der Waals surface area contributed by atoms with Crippen molar-refractivity contribution in [1.82, 2.24) is 4.57 Å². The van der Waals surface area contributed by atoms with Gasteiger partial charge in [0.15, 0.2) is 0 Å². The van der Waals surface area contributed by atoms with E-state index in [2.05, 4.69) is 154 Å². The maximum atomic E-state index is 6.84. The Labute approximate surface area is 271 Å². The monoisotopic (exact) mass is 613 g/mol. The van der Waals surface area contributed by atoms with Gasteiger partial charge in [0.25, 0.3) is 0 Å². The van der Waals surface area contributed by atoms with E-state index in [0.29, 0.717) is 5.92 Å². The number of fused-ring (bicyclic) bond motifs is 9. The smallest absolute Gasteiger partial charge is 0.143 e. The summed E-state index contributed by atoms with van der Waals surface area (Å²) in [5, 5.41) is 6.38. The highest BCUT2D eigenvalue weighted by Crippen LogP contribution is 2.54. The van der Waals surface area contributed by atoms with Crippen LogP contribution in [0.5, 0.6) is 0 Å². The van der Waals surface area contributed by atoms with Crippen LogP contribution >= 0.6 is 0 Å². The number of nitrogens with zero attached hydrogens (tertiary/aromatic N) is 1. The van der Waals surface area contributed by atoms with E-state index in [-0.39, 0.29) is 5.41 Å². The van der Waals surface area contributed by atoms with Gasteiger partial charge in [-0.25, -0.2) is 0 Å². The van der Waals surface area contributed by atoms with E-state index in [4.69, 9.17) is 4.42 Å². The normalized spacial score (nSPS) is 17.5. The van der Waals surface area contributed by atoms with Crippen LogP contribution in [0.4, 0.5) is 0 Å². The first-order valence-electron chi connectivity index (χ1n) is 16.7. The molecule has 0 radical (unpaired) electrons. The van der Waals surface area contributed by atoms with Gasteiger partial charge in [0.2, 0.25) is 0 Å². The minimum absolute atomic E-state index is 0.0547. The molecule has 0 saturated heterocycles. The van der Waals surface area contributed by atoms with Crippen molar-refractivity contribution in [2.24, 2.45) is 5.92 Å². The summed E-state index contributed by atoms with van der Waals surface area (Å²) in [5.41, 5.74) is 13.9. The van der Waals surface area contributed by atoms with Crippen molar-refractivity contribution in [3.63, 3.8) is 0 Å². The zero-order valence-electron chi connectivity index (χ0n) is 27.5. The van der Waals surface area contributed by atoms with Crippen molar-refractivity contribution in [1.29, 1.82) is 0 Å². The summed E-state index contributed by atoms with van der Waals surface area (Å²) in [6, 6.07) is 36.0. The van der Waals surface area contributed by atoms with Gasteiger partial charge in [0.1, 0.15) is 11.2 Å². The third-order valence-corrected chi connectivity index (χ3v) is 12.7. The van der Waals surface area contributed by atoms with Crippen molar-refractivity contribution in [3.8, 4) is 16.8 Å². The van der Waals surface area contributed by atoms with Crippen LogP contribution in [-0.2, 0) is 5.41 Å². The van der Waals surface area contributed by atoms with Gasteiger partial charge in [0, 0.05) is 38.2 Å². The molecule has 0 aliphatic heterocycles. The van der Waals surface area contributed by atoms with Gasteiger partial charge >= 0.3 is 0 Å². The molecule has 0 bridgehead atoms. The van der Waals surface area contributed by atoms with Crippen molar-refractivity contribution in [2.75, 3.05) is 0 Å². The first kappa shape index (κ1) is 27.7. The van der Waals surface area contributed by atoms with Crippen molar-refractivity contribution in [3.05, 3.63) is 126 Å². The van der Waals surface area contributed by atoms with Gasteiger partial charge in [-0.1, -0.05) is 131 Å². The molecule has 7 aromatic rings. The van der Waals surface area contributed by atoms with Crippen LogP contribution in [0.1, 0.15) is 38.3 Å². The van der Waals surface area contributed by atoms with Gasteiger partial charge in [-0.05, 0) is 64.1 Å². The van der Waals surface area contributed by atoms with E-state index in [1.54, 1.807) is 5.57 Å². The predicted molar refractivity (Wildman–Crippen MR) is 199 cm³/mol. The minimum Gasteiger partial charge on any atom is -0.456 e. The predicted octanol–water partition coefficient (Wildman–Crippen LogP) is 11.5. The molecule has 0 spiro atoms. The Balaban J connectivity index is 1.33. The average molecular weight is 614 g/mol. The zero-order valence-corrected chi connectivity index (χ0v) is 28.5. The number of rotatable bonds is 3. The number of furan rings is 1.